The Morgan fingerprint density at radius 3 is 2.80 bits per heavy atom. The summed E-state index contributed by atoms with van der Waals surface area (Å²) in [6, 6.07) is 3.04. The highest BCUT2D eigenvalue weighted by Crippen LogP contribution is 2.35. The Morgan fingerprint density at radius 2 is 2.20 bits per heavy atom. The summed E-state index contributed by atoms with van der Waals surface area (Å²) in [5, 5.41) is 0.289. The molecule has 2 N–H and O–H groups in total. The summed E-state index contributed by atoms with van der Waals surface area (Å²) in [4.78, 5) is 0.125. The number of halogens is 1. The van der Waals surface area contributed by atoms with Crippen LogP contribution in [0.2, 0.25) is 0 Å². The van der Waals surface area contributed by atoms with Crippen molar-refractivity contribution < 1.29 is 13.2 Å². The number of benzene rings is 1. The molecule has 1 aliphatic heterocycles. The Labute approximate surface area is 132 Å². The van der Waals surface area contributed by atoms with Crippen LogP contribution in [-0.2, 0) is 10.0 Å². The molecule has 8 heteroatoms. The fourth-order valence-electron chi connectivity index (χ4n) is 2.06. The van der Waals surface area contributed by atoms with Gasteiger partial charge in [-0.1, -0.05) is 6.92 Å². The van der Waals surface area contributed by atoms with Gasteiger partial charge in [0.15, 0.2) is 0 Å². The van der Waals surface area contributed by atoms with E-state index in [1.807, 2.05) is 6.92 Å². The first kappa shape index (κ1) is 15.9. The molecule has 2 rings (SSSR count). The number of methoxy groups -OCH3 is 1. The first-order valence-corrected chi connectivity index (χ1v) is 9.39. The molecular weight excluding hydrogens is 364 g/mol. The molecule has 5 nitrogen and oxygen atoms in total. The molecule has 0 aromatic heterocycles. The Bertz CT molecular complexity index is 607. The molecule has 1 saturated heterocycles. The molecule has 1 heterocycles. The van der Waals surface area contributed by atoms with Gasteiger partial charge in [-0.05, 0) is 28.1 Å². The van der Waals surface area contributed by atoms with Crippen molar-refractivity contribution in [2.24, 2.45) is 0 Å². The van der Waals surface area contributed by atoms with Crippen LogP contribution in [0.15, 0.2) is 21.5 Å². The quantitative estimate of drug-likeness (QED) is 0.813. The second-order valence-electron chi connectivity index (χ2n) is 4.57. The molecule has 1 fully saturated rings. The van der Waals surface area contributed by atoms with E-state index in [1.165, 1.54) is 17.5 Å². The van der Waals surface area contributed by atoms with E-state index in [2.05, 4.69) is 15.9 Å². The molecule has 0 spiro atoms. The fraction of sp³-hybridized carbons (Fsp3) is 0.500. The van der Waals surface area contributed by atoms with E-state index in [-0.39, 0.29) is 10.1 Å². The molecule has 0 amide bonds. The Kier molecular flexibility index (Phi) is 4.88. The highest BCUT2D eigenvalue weighted by atomic mass is 79.9. The molecule has 1 aromatic rings. The Balaban J connectivity index is 2.46. The van der Waals surface area contributed by atoms with Crippen LogP contribution < -0.4 is 10.5 Å². The lowest BCUT2D eigenvalue weighted by Crippen LogP contribution is -2.41. The number of sulfonamides is 1. The lowest BCUT2D eigenvalue weighted by atomic mass is 10.3. The predicted octanol–water partition coefficient (Wildman–Crippen LogP) is 2.17. The molecule has 1 aliphatic rings. The van der Waals surface area contributed by atoms with E-state index in [9.17, 15) is 8.42 Å². The van der Waals surface area contributed by atoms with Gasteiger partial charge in [0.05, 0.1) is 7.11 Å². The topological polar surface area (TPSA) is 72.6 Å². The van der Waals surface area contributed by atoms with Crippen LogP contribution in [0.25, 0.3) is 0 Å². The number of nitrogen functional groups attached to an aromatic ring is 1. The van der Waals surface area contributed by atoms with Gasteiger partial charge >= 0.3 is 0 Å². The third kappa shape index (κ3) is 3.08. The van der Waals surface area contributed by atoms with E-state index in [0.717, 1.165) is 5.75 Å². The molecule has 1 unspecified atom stereocenters. The molecule has 0 aliphatic carbocycles. The SMILES string of the molecule is COc1cc(Br)c(N)cc1S(=O)(=O)N1CCSC(C)C1. The summed E-state index contributed by atoms with van der Waals surface area (Å²) < 4.78 is 32.8. The van der Waals surface area contributed by atoms with Gasteiger partial charge in [0.25, 0.3) is 0 Å². The van der Waals surface area contributed by atoms with Gasteiger partial charge in [-0.25, -0.2) is 8.42 Å². The van der Waals surface area contributed by atoms with E-state index in [0.29, 0.717) is 29.0 Å². The van der Waals surface area contributed by atoms with Gasteiger partial charge in [0, 0.05) is 34.3 Å². The number of anilines is 1. The highest BCUT2D eigenvalue weighted by molar-refractivity contribution is 9.10. The summed E-state index contributed by atoms with van der Waals surface area (Å²) in [6.07, 6.45) is 0. The minimum absolute atomic E-state index is 0.125. The minimum atomic E-state index is -3.58. The molecule has 1 aromatic carbocycles. The number of hydrogen-bond acceptors (Lipinski definition) is 5. The molecular formula is C12H17BrN2O3S2. The molecule has 112 valence electrons. The lowest BCUT2D eigenvalue weighted by Gasteiger charge is -2.30. The monoisotopic (exact) mass is 380 g/mol. The van der Waals surface area contributed by atoms with Crippen LogP contribution in [0.1, 0.15) is 6.92 Å². The number of rotatable bonds is 3. The number of thioether (sulfide) groups is 1. The zero-order valence-electron chi connectivity index (χ0n) is 11.3. The molecule has 0 saturated carbocycles. The van der Waals surface area contributed by atoms with Crippen molar-refractivity contribution in [2.45, 2.75) is 17.1 Å². The smallest absolute Gasteiger partial charge is 0.246 e. The molecule has 1 atom stereocenters. The van der Waals surface area contributed by atoms with Crippen LogP contribution in [0.3, 0.4) is 0 Å². The van der Waals surface area contributed by atoms with E-state index in [1.54, 1.807) is 17.8 Å². The average Bonchev–Trinajstić information content (AvgIpc) is 2.41. The van der Waals surface area contributed by atoms with Crippen molar-refractivity contribution in [3.05, 3.63) is 16.6 Å². The lowest BCUT2D eigenvalue weighted by molar-refractivity contribution is 0.391. The van der Waals surface area contributed by atoms with Crippen molar-refractivity contribution in [1.82, 2.24) is 4.31 Å². The second-order valence-corrected chi connectivity index (χ2v) is 8.88. The Morgan fingerprint density at radius 1 is 1.50 bits per heavy atom. The van der Waals surface area contributed by atoms with Crippen molar-refractivity contribution in [3.8, 4) is 5.75 Å². The summed E-state index contributed by atoms with van der Waals surface area (Å²) in [5.74, 6) is 1.10. The predicted molar refractivity (Wildman–Crippen MR) is 85.8 cm³/mol. The first-order valence-electron chi connectivity index (χ1n) is 6.11. The number of ether oxygens (including phenoxy) is 1. The van der Waals surface area contributed by atoms with E-state index in [4.69, 9.17) is 10.5 Å². The van der Waals surface area contributed by atoms with Crippen LogP contribution >= 0.6 is 27.7 Å². The maximum atomic E-state index is 12.7. The fourth-order valence-corrected chi connectivity index (χ4v) is 5.30. The van der Waals surface area contributed by atoms with Gasteiger partial charge in [-0.2, -0.15) is 16.1 Å². The largest absolute Gasteiger partial charge is 0.495 e. The molecule has 0 bridgehead atoms. The van der Waals surface area contributed by atoms with E-state index >= 15 is 0 Å². The number of nitrogens with zero attached hydrogens (tertiary/aromatic N) is 1. The maximum Gasteiger partial charge on any atom is 0.246 e. The minimum Gasteiger partial charge on any atom is -0.495 e. The van der Waals surface area contributed by atoms with Gasteiger partial charge in [0.2, 0.25) is 10.0 Å². The summed E-state index contributed by atoms with van der Waals surface area (Å²) >= 11 is 5.06. The van der Waals surface area contributed by atoms with Crippen LogP contribution in [0.5, 0.6) is 5.75 Å². The number of hydrogen-bond donors (Lipinski definition) is 1. The zero-order chi connectivity index (χ0) is 14.9. The van der Waals surface area contributed by atoms with Crippen LogP contribution in [0, 0.1) is 0 Å². The second kappa shape index (κ2) is 6.13. The van der Waals surface area contributed by atoms with Crippen molar-refractivity contribution >= 4 is 43.4 Å². The van der Waals surface area contributed by atoms with Gasteiger partial charge < -0.3 is 10.5 Å². The van der Waals surface area contributed by atoms with Crippen molar-refractivity contribution in [1.29, 1.82) is 0 Å². The summed E-state index contributed by atoms with van der Waals surface area (Å²) in [5.41, 5.74) is 6.19. The number of nitrogens with two attached hydrogens (primary N) is 1. The van der Waals surface area contributed by atoms with Gasteiger partial charge in [0.1, 0.15) is 10.6 Å². The molecule has 20 heavy (non-hydrogen) atoms. The van der Waals surface area contributed by atoms with Crippen LogP contribution in [-0.4, -0.2) is 43.9 Å². The first-order chi connectivity index (χ1) is 9.36. The normalized spacial score (nSPS) is 20.9. The van der Waals surface area contributed by atoms with Crippen molar-refractivity contribution in [3.63, 3.8) is 0 Å². The summed E-state index contributed by atoms with van der Waals surface area (Å²) in [6.45, 7) is 3.04. The van der Waals surface area contributed by atoms with Crippen LogP contribution in [0.4, 0.5) is 5.69 Å². The third-order valence-corrected chi connectivity index (χ3v) is 6.81. The van der Waals surface area contributed by atoms with Gasteiger partial charge in [-0.3, -0.25) is 0 Å². The average molecular weight is 381 g/mol. The standard InChI is InChI=1S/C12H17BrN2O3S2/c1-8-7-15(3-4-19-8)20(16,17)12-6-10(14)9(13)5-11(12)18-2/h5-6,8H,3-4,7,14H2,1-2H3. The maximum absolute atomic E-state index is 12.7. The summed E-state index contributed by atoms with van der Waals surface area (Å²) in [7, 11) is -2.13. The highest BCUT2D eigenvalue weighted by Gasteiger charge is 2.31. The van der Waals surface area contributed by atoms with Crippen molar-refractivity contribution in [2.75, 3.05) is 31.7 Å². The van der Waals surface area contributed by atoms with Gasteiger partial charge in [-0.15, -0.1) is 0 Å². The Hall–Kier alpha value is -0.440. The zero-order valence-corrected chi connectivity index (χ0v) is 14.5. The van der Waals surface area contributed by atoms with E-state index < -0.39 is 10.0 Å². The molecule has 0 radical (unpaired) electrons. The third-order valence-electron chi connectivity index (χ3n) is 3.10.